The molecule has 14 atom stereocenters. The molecule has 10 aliphatic rings. The maximum Gasteiger partial charge on any atom is 0.471 e. The van der Waals surface area contributed by atoms with Crippen molar-refractivity contribution in [3.8, 4) is 69.6 Å². The average Bonchev–Trinajstić information content (AvgIpc) is 0.714. The summed E-state index contributed by atoms with van der Waals surface area (Å²) in [5.41, 5.74) is 8.21. The number of halogens is 7. The van der Waals surface area contributed by atoms with Crippen molar-refractivity contribution in [2.45, 2.75) is 157 Å². The summed E-state index contributed by atoms with van der Waals surface area (Å²) < 4.78 is 147. The molecular weight excluding hydrogens is 1710 g/mol. The summed E-state index contributed by atoms with van der Waals surface area (Å²) in [6.07, 6.45) is -0.639. The SMILES string of the molecule is C.C=CCN1[C@@H]2c3c(cc(C)c(OC)c3O)C[C@H]1[C@H](C#N)N1C2[C@@H]2SCC(NC(=O)C(F)(F)F)C(=O)OC[C@H]1c1c3c(c(C)c(OC(C)=O)c12)OCO3.C=CCN1[C@@H]2c3c(cc(C)c(OC)c3OC(=O)/C=C/c3ccccc3)C[C@H]1[C@H](C#N)N1C2[C@@H]2SCC(NC(=O)C(F)(F)F)C(=O)OC[C@H]1c1c3c(c(C)c(OC(C)=O)c12)OCO3.O=C(Cl)/C=C/c1ccccc1. The van der Waals surface area contributed by atoms with Gasteiger partial charge in [0.15, 0.2) is 46.0 Å². The van der Waals surface area contributed by atoms with Crippen molar-refractivity contribution < 1.29 is 122 Å². The van der Waals surface area contributed by atoms with Crippen LogP contribution in [0.25, 0.3) is 12.2 Å². The van der Waals surface area contributed by atoms with Crippen LogP contribution in [-0.4, -0.2) is 198 Å². The number of hydrogen-bond donors (Lipinski definition) is 3. The third-order valence-electron chi connectivity index (χ3n) is 23.4. The zero-order valence-corrected chi connectivity index (χ0v) is 70.7. The molecule has 0 aromatic heterocycles. The maximum absolute atomic E-state index is 13.8. The van der Waals surface area contributed by atoms with E-state index in [2.05, 4.69) is 35.1 Å². The average molecular weight is 1800 g/mol. The van der Waals surface area contributed by atoms with E-state index in [0.717, 1.165) is 45.8 Å². The van der Waals surface area contributed by atoms with Gasteiger partial charge in [0.05, 0.1) is 61.0 Å². The number of rotatable bonds is 15. The number of methoxy groups -OCH3 is 2. The summed E-state index contributed by atoms with van der Waals surface area (Å²) in [5, 5.41) is 35.5. The van der Waals surface area contributed by atoms with E-state index in [-0.39, 0.29) is 80.1 Å². The molecule has 6 aromatic carbocycles. The second-order valence-corrected chi connectivity index (χ2v) is 33.4. The van der Waals surface area contributed by atoms with Gasteiger partial charge >= 0.3 is 54.0 Å². The number of aryl methyl sites for hydroxylation is 2. The third-order valence-corrected chi connectivity index (χ3v) is 26.3. The predicted octanol–water partition coefficient (Wildman–Crippen LogP) is 12.7. The van der Waals surface area contributed by atoms with Gasteiger partial charge in [0, 0.05) is 113 Å². The van der Waals surface area contributed by atoms with E-state index in [4.69, 9.17) is 63.7 Å². The molecule has 8 bridgehead atoms. The number of carbonyl (C=O) groups is 8. The molecule has 4 unspecified atom stereocenters. The fourth-order valence-electron chi connectivity index (χ4n) is 18.8. The van der Waals surface area contributed by atoms with Gasteiger partial charge in [-0.1, -0.05) is 98.5 Å². The van der Waals surface area contributed by atoms with Crippen LogP contribution in [-0.2, 0) is 60.7 Å². The molecule has 0 aliphatic carbocycles. The molecule has 0 radical (unpaired) electrons. The summed E-state index contributed by atoms with van der Waals surface area (Å²) >= 11 is 7.14. The number of hydrogen-bond acceptors (Lipinski definition) is 28. The van der Waals surface area contributed by atoms with Crippen LogP contribution in [0.3, 0.4) is 0 Å². The third kappa shape index (κ3) is 17.2. The minimum atomic E-state index is -5.31. The van der Waals surface area contributed by atoms with Crippen LogP contribution < -0.4 is 53.3 Å². The van der Waals surface area contributed by atoms with Crippen molar-refractivity contribution in [2.75, 3.05) is 65.6 Å². The molecule has 16 rings (SSSR count). The number of esters is 5. The van der Waals surface area contributed by atoms with Crippen LogP contribution in [0.5, 0.6) is 57.5 Å². The summed E-state index contributed by atoms with van der Waals surface area (Å²) in [5.74, 6) is -7.84. The van der Waals surface area contributed by atoms with E-state index in [1.807, 2.05) is 89.5 Å². The van der Waals surface area contributed by atoms with Crippen molar-refractivity contribution in [1.82, 2.24) is 30.2 Å². The van der Waals surface area contributed by atoms with Gasteiger partial charge in [-0.15, -0.1) is 36.7 Å². The normalized spacial score (nSPS) is 24.6. The maximum atomic E-state index is 13.8. The van der Waals surface area contributed by atoms with Gasteiger partial charge in [0.25, 0.3) is 0 Å². The molecule has 4 fully saturated rings. The highest BCUT2D eigenvalue weighted by Gasteiger charge is 2.64. The molecule has 28 nitrogen and oxygen atoms in total. The Kier molecular flexibility index (Phi) is 27.3. The van der Waals surface area contributed by atoms with Crippen molar-refractivity contribution >= 4 is 94.2 Å². The number of thioether (sulfide) groups is 2. The Hall–Kier alpha value is -11.8. The van der Waals surface area contributed by atoms with E-state index >= 15 is 0 Å². The number of nitriles is 2. The van der Waals surface area contributed by atoms with Crippen LogP contribution in [0, 0.1) is 50.4 Å². The Morgan fingerprint density at radius 2 is 0.976 bits per heavy atom. The monoisotopic (exact) mass is 1800 g/mol. The highest BCUT2D eigenvalue weighted by Crippen LogP contribution is 2.67. The first kappa shape index (κ1) is 91.9. The standard InChI is InChI=1S/C44H41F3N4O10S.C35H35F3N4O9S.C9H7ClO.CH4/c1-6-14-50-27-16-25-15-21(2)36(56-5)40(61-30(53)13-12-24-10-8-7-9-11-24)31(25)34(50)35-41-33-32(39-38(58-20-59-39)22(3)37(33)60-23(4)52)29(51(35)28(27)17-48)18-57-42(54)26(19-62-41)49-43(55)44(45,46)47;1-6-7-41-19-9-17-8-14(2)28(47-5)27(44)22(17)25(41)26-32-24-23(31-30(49-13-50-31)15(3)29(24)51-16(4)43)21(42(26)20(19)10-39)11-48-33(45)18(12-52-32)40-34(46)35(36,37)38;10-9(11)7-6-8-4-2-1-3-5-8;/h6-13,15,26-29,34-35,41H,1,14,16,18-20H2,2-5H3,(H,49,55);6,8,18-21,25-26,32,44H,1,7,9,11-13H2,2-5H3,(H,40,46);1-7H;1H4/b13-12+;;7-6+;/t26?,27-,28-,29-,34+,35?,41+;18?,19-,20-,21-,25+,26?,32+;;/m00../s1. The van der Waals surface area contributed by atoms with Gasteiger partial charge in [0.2, 0.25) is 18.8 Å². The number of carbonyl (C=O) groups excluding carboxylic acids is 8. The van der Waals surface area contributed by atoms with E-state index < -0.39 is 167 Å². The number of nitrogens with zero attached hydrogens (tertiary/aromatic N) is 6. The number of aromatic hydroxyl groups is 1. The second-order valence-electron chi connectivity index (χ2n) is 30.6. The van der Waals surface area contributed by atoms with Gasteiger partial charge in [-0.25, -0.2) is 14.4 Å². The van der Waals surface area contributed by atoms with Crippen LogP contribution >= 0.6 is 35.1 Å². The first-order chi connectivity index (χ1) is 59.7. The second kappa shape index (κ2) is 37.4. The number of nitrogens with one attached hydrogen (secondary N) is 2. The summed E-state index contributed by atoms with van der Waals surface area (Å²) in [4.78, 5) is 109. The minimum absolute atomic E-state index is 0. The van der Waals surface area contributed by atoms with Gasteiger partial charge < -0.3 is 67.8 Å². The lowest BCUT2D eigenvalue weighted by Crippen LogP contribution is -2.70. The number of cyclic esters (lactones) is 2. The minimum Gasteiger partial charge on any atom is -0.504 e. The molecule has 37 heteroatoms. The van der Waals surface area contributed by atoms with Crippen LogP contribution in [0.2, 0.25) is 0 Å². The molecule has 0 spiro atoms. The van der Waals surface area contributed by atoms with E-state index in [9.17, 15) is 80.3 Å². The zero-order valence-electron chi connectivity index (χ0n) is 68.3. The van der Waals surface area contributed by atoms with Crippen LogP contribution in [0.4, 0.5) is 26.3 Å². The highest BCUT2D eigenvalue weighted by molar-refractivity contribution is 7.99. The molecule has 664 valence electrons. The molecule has 4 saturated heterocycles. The zero-order chi connectivity index (χ0) is 89.7. The Bertz CT molecular complexity index is 5540. The van der Waals surface area contributed by atoms with Crippen molar-refractivity contribution in [1.29, 1.82) is 10.5 Å². The number of ether oxygens (including phenoxy) is 11. The first-order valence-corrected chi connectivity index (χ1v) is 41.8. The lowest BCUT2D eigenvalue weighted by Gasteiger charge is -2.62. The van der Waals surface area contributed by atoms with E-state index in [1.165, 1.54) is 40.2 Å². The number of piperazine rings is 2. The number of amides is 2. The van der Waals surface area contributed by atoms with E-state index in [1.54, 1.807) is 55.7 Å². The molecule has 0 saturated carbocycles. The van der Waals surface area contributed by atoms with Crippen LogP contribution in [0.1, 0.15) is 134 Å². The number of alkyl halides is 6. The molecule has 3 N–H and O–H groups in total. The topological polar surface area (TPSA) is 343 Å². The van der Waals surface area contributed by atoms with Gasteiger partial charge in [-0.05, 0) is 97.7 Å². The van der Waals surface area contributed by atoms with Crippen molar-refractivity contribution in [3.05, 3.63) is 188 Å². The van der Waals surface area contributed by atoms with Gasteiger partial charge in [0.1, 0.15) is 48.9 Å². The largest absolute Gasteiger partial charge is 0.504 e. The number of benzene rings is 6. The van der Waals surface area contributed by atoms with Crippen LogP contribution in [0.15, 0.2) is 110 Å². The smallest absolute Gasteiger partial charge is 0.471 e. The van der Waals surface area contributed by atoms with Crippen molar-refractivity contribution in [2.24, 2.45) is 0 Å². The Morgan fingerprint density at radius 3 is 1.37 bits per heavy atom. The Morgan fingerprint density at radius 1 is 0.571 bits per heavy atom. The molecule has 10 aliphatic heterocycles. The molecule has 2 amide bonds. The first-order valence-electron chi connectivity index (χ1n) is 39.3. The fraction of sp³-hybridized carbons (Fsp3) is 0.393. The lowest BCUT2D eigenvalue weighted by atomic mass is 9.71. The Labute approximate surface area is 733 Å². The number of fused-ring (bicyclic) bond motifs is 18. The van der Waals surface area contributed by atoms with Crippen molar-refractivity contribution in [3.63, 3.8) is 0 Å². The predicted molar refractivity (Wildman–Crippen MR) is 447 cm³/mol. The quantitative estimate of drug-likeness (QED) is 0.0215. The fourth-order valence-corrected chi connectivity index (χ4v) is 21.9. The Balaban J connectivity index is 0.000000193. The summed E-state index contributed by atoms with van der Waals surface area (Å²) in [6, 6.07) is 16.1. The summed E-state index contributed by atoms with van der Waals surface area (Å²) in [6.45, 7) is 16.6. The molecule has 126 heavy (non-hydrogen) atoms. The van der Waals surface area contributed by atoms with Gasteiger partial charge in [-0.2, -0.15) is 36.9 Å². The summed E-state index contributed by atoms with van der Waals surface area (Å²) in [7, 11) is 2.90. The molecule has 6 aromatic rings. The van der Waals surface area contributed by atoms with Gasteiger partial charge in [-0.3, -0.25) is 43.6 Å². The molecule has 10 heterocycles. The number of phenolic OH excluding ortho intramolecular Hbond substituents is 1. The highest BCUT2D eigenvalue weighted by atomic mass is 35.5. The van der Waals surface area contributed by atoms with E-state index in [0.29, 0.717) is 80.0 Å². The lowest BCUT2D eigenvalue weighted by molar-refractivity contribution is -0.176. The number of phenols is 1. The molecular formula is C89H87ClF6N8O20S2. The number of allylic oxidation sites excluding steroid dienone is 1.